The van der Waals surface area contributed by atoms with Crippen molar-refractivity contribution in [1.29, 1.82) is 0 Å². The summed E-state index contributed by atoms with van der Waals surface area (Å²) >= 11 is 0. The second-order valence-electron chi connectivity index (χ2n) is 4.15. The van der Waals surface area contributed by atoms with Crippen molar-refractivity contribution in [2.75, 3.05) is 7.11 Å². The highest BCUT2D eigenvalue weighted by atomic mass is 16.5. The molecular weight excluding hydrogens is 256 g/mol. The van der Waals surface area contributed by atoms with E-state index in [4.69, 9.17) is 20.4 Å². The maximum absolute atomic E-state index is 8.58. The third-order valence-corrected chi connectivity index (χ3v) is 2.80. The molecule has 2 aromatic carbocycles. The second-order valence-corrected chi connectivity index (χ2v) is 4.15. The van der Waals surface area contributed by atoms with Gasteiger partial charge in [0, 0.05) is 5.56 Å². The molecule has 0 amide bonds. The summed E-state index contributed by atoms with van der Waals surface area (Å²) in [6.45, 7) is 0.445. The first-order valence-corrected chi connectivity index (χ1v) is 6.06. The summed E-state index contributed by atoms with van der Waals surface area (Å²) in [7, 11) is 1.63. The Morgan fingerprint density at radius 2 is 1.90 bits per heavy atom. The predicted octanol–water partition coefficient (Wildman–Crippen LogP) is 2.37. The third-order valence-electron chi connectivity index (χ3n) is 2.80. The van der Waals surface area contributed by atoms with Crippen LogP contribution >= 0.6 is 0 Å². The van der Waals surface area contributed by atoms with Gasteiger partial charge in [0.05, 0.1) is 7.11 Å². The molecule has 20 heavy (non-hydrogen) atoms. The lowest BCUT2D eigenvalue weighted by Gasteiger charge is -2.08. The van der Waals surface area contributed by atoms with Gasteiger partial charge >= 0.3 is 0 Å². The molecule has 2 aromatic rings. The zero-order valence-electron chi connectivity index (χ0n) is 11.1. The van der Waals surface area contributed by atoms with Gasteiger partial charge in [-0.2, -0.15) is 0 Å². The summed E-state index contributed by atoms with van der Waals surface area (Å²) in [5.41, 5.74) is 7.15. The molecule has 0 spiro atoms. The molecule has 0 aliphatic rings. The van der Waals surface area contributed by atoms with Crippen molar-refractivity contribution < 1.29 is 14.7 Å². The topological polar surface area (TPSA) is 77.1 Å². The first kappa shape index (κ1) is 13.7. The molecule has 0 fully saturated rings. The van der Waals surface area contributed by atoms with E-state index in [1.807, 2.05) is 24.3 Å². The predicted molar refractivity (Wildman–Crippen MR) is 76.3 cm³/mol. The van der Waals surface area contributed by atoms with Gasteiger partial charge < -0.3 is 20.4 Å². The number of ether oxygens (including phenoxy) is 2. The normalized spacial score (nSPS) is 11.2. The third kappa shape index (κ3) is 3.41. The summed E-state index contributed by atoms with van der Waals surface area (Å²) in [6.07, 6.45) is 0. The number of hydrogen-bond acceptors (Lipinski definition) is 4. The van der Waals surface area contributed by atoms with Gasteiger partial charge in [-0.25, -0.2) is 0 Å². The number of nitrogens with two attached hydrogens (primary N) is 1. The van der Waals surface area contributed by atoms with Crippen molar-refractivity contribution in [1.82, 2.24) is 0 Å². The molecule has 0 saturated heterocycles. The van der Waals surface area contributed by atoms with Crippen molar-refractivity contribution in [3.8, 4) is 11.5 Å². The average molecular weight is 272 g/mol. The zero-order chi connectivity index (χ0) is 14.4. The molecule has 0 unspecified atom stereocenters. The summed E-state index contributed by atoms with van der Waals surface area (Å²) < 4.78 is 10.8. The van der Waals surface area contributed by atoms with Crippen LogP contribution in [0.4, 0.5) is 0 Å². The molecule has 0 saturated carbocycles. The Labute approximate surface area is 117 Å². The summed E-state index contributed by atoms with van der Waals surface area (Å²) in [5.74, 6) is 1.58. The minimum atomic E-state index is 0.0735. The number of amidine groups is 1. The molecule has 0 aliphatic carbocycles. The van der Waals surface area contributed by atoms with E-state index in [2.05, 4.69) is 5.16 Å². The minimum Gasteiger partial charge on any atom is -0.497 e. The molecular formula is C15H16N2O3. The van der Waals surface area contributed by atoms with E-state index in [1.54, 1.807) is 31.4 Å². The molecule has 0 aliphatic heterocycles. The average Bonchev–Trinajstić information content (AvgIpc) is 2.53. The van der Waals surface area contributed by atoms with Crippen LogP contribution in [0.5, 0.6) is 11.5 Å². The van der Waals surface area contributed by atoms with Gasteiger partial charge in [0.25, 0.3) is 0 Å². The van der Waals surface area contributed by atoms with E-state index in [0.717, 1.165) is 11.3 Å². The van der Waals surface area contributed by atoms with Crippen molar-refractivity contribution in [2.24, 2.45) is 10.9 Å². The van der Waals surface area contributed by atoms with Gasteiger partial charge in [0.1, 0.15) is 18.1 Å². The monoisotopic (exact) mass is 272 g/mol. The Morgan fingerprint density at radius 1 is 1.15 bits per heavy atom. The number of hydrogen-bond donors (Lipinski definition) is 2. The SMILES string of the molecule is COc1cccc(COc2ccc(/C(N)=N/O)cc2)c1. The van der Waals surface area contributed by atoms with Crippen LogP contribution < -0.4 is 15.2 Å². The first-order valence-electron chi connectivity index (χ1n) is 6.06. The van der Waals surface area contributed by atoms with E-state index < -0.39 is 0 Å². The molecule has 0 aromatic heterocycles. The van der Waals surface area contributed by atoms with E-state index in [-0.39, 0.29) is 5.84 Å². The second kappa shape index (κ2) is 6.47. The highest BCUT2D eigenvalue weighted by molar-refractivity contribution is 5.97. The highest BCUT2D eigenvalue weighted by Crippen LogP contribution is 2.17. The summed E-state index contributed by atoms with van der Waals surface area (Å²) in [4.78, 5) is 0. The fourth-order valence-corrected chi connectivity index (χ4v) is 1.71. The van der Waals surface area contributed by atoms with Gasteiger partial charge in [-0.05, 0) is 42.0 Å². The Bertz CT molecular complexity index is 594. The standard InChI is InChI=1S/C15H16N2O3/c1-19-14-4-2-3-11(9-14)10-20-13-7-5-12(6-8-13)15(16)17-18/h2-9,18H,10H2,1H3,(H2,16,17). The van der Waals surface area contributed by atoms with Gasteiger partial charge in [-0.1, -0.05) is 17.3 Å². The summed E-state index contributed by atoms with van der Waals surface area (Å²) in [6, 6.07) is 14.7. The molecule has 104 valence electrons. The van der Waals surface area contributed by atoms with Gasteiger partial charge in [0.15, 0.2) is 5.84 Å². The number of oxime groups is 1. The molecule has 0 bridgehead atoms. The van der Waals surface area contributed by atoms with Crippen molar-refractivity contribution in [3.05, 3.63) is 59.7 Å². The van der Waals surface area contributed by atoms with Crippen molar-refractivity contribution in [3.63, 3.8) is 0 Å². The molecule has 0 heterocycles. The number of methoxy groups -OCH3 is 1. The number of rotatable bonds is 5. The van der Waals surface area contributed by atoms with Crippen molar-refractivity contribution >= 4 is 5.84 Å². The molecule has 2 rings (SSSR count). The maximum atomic E-state index is 8.58. The van der Waals surface area contributed by atoms with Gasteiger partial charge in [0.2, 0.25) is 0 Å². The van der Waals surface area contributed by atoms with Crippen LogP contribution in [-0.4, -0.2) is 18.2 Å². The lowest BCUT2D eigenvalue weighted by Crippen LogP contribution is -2.12. The fraction of sp³-hybridized carbons (Fsp3) is 0.133. The molecule has 5 heteroatoms. The maximum Gasteiger partial charge on any atom is 0.170 e. The Balaban J connectivity index is 2.00. The fourth-order valence-electron chi connectivity index (χ4n) is 1.71. The first-order chi connectivity index (χ1) is 9.72. The lowest BCUT2D eigenvalue weighted by molar-refractivity contribution is 0.305. The van der Waals surface area contributed by atoms with Crippen LogP contribution in [0.15, 0.2) is 53.7 Å². The molecule has 0 radical (unpaired) electrons. The molecule has 5 nitrogen and oxygen atoms in total. The van der Waals surface area contributed by atoms with Crippen molar-refractivity contribution in [2.45, 2.75) is 6.61 Å². The Kier molecular flexibility index (Phi) is 4.44. The van der Waals surface area contributed by atoms with Crippen LogP contribution in [0.1, 0.15) is 11.1 Å². The quantitative estimate of drug-likeness (QED) is 0.379. The van der Waals surface area contributed by atoms with Gasteiger partial charge in [-0.3, -0.25) is 0 Å². The van der Waals surface area contributed by atoms with Crippen LogP contribution in [-0.2, 0) is 6.61 Å². The van der Waals surface area contributed by atoms with E-state index in [1.165, 1.54) is 0 Å². The van der Waals surface area contributed by atoms with E-state index >= 15 is 0 Å². The largest absolute Gasteiger partial charge is 0.497 e. The summed E-state index contributed by atoms with van der Waals surface area (Å²) in [5, 5.41) is 11.5. The lowest BCUT2D eigenvalue weighted by atomic mass is 10.2. The van der Waals surface area contributed by atoms with Gasteiger partial charge in [-0.15, -0.1) is 0 Å². The zero-order valence-corrected chi connectivity index (χ0v) is 11.1. The molecule has 0 atom stereocenters. The highest BCUT2D eigenvalue weighted by Gasteiger charge is 2.01. The molecule has 3 N–H and O–H groups in total. The minimum absolute atomic E-state index is 0.0735. The van der Waals surface area contributed by atoms with Crippen LogP contribution in [0.25, 0.3) is 0 Å². The Hall–Kier alpha value is -2.69. The van der Waals surface area contributed by atoms with Crippen LogP contribution in [0.2, 0.25) is 0 Å². The van der Waals surface area contributed by atoms with Crippen LogP contribution in [0, 0.1) is 0 Å². The Morgan fingerprint density at radius 3 is 2.55 bits per heavy atom. The number of benzene rings is 2. The van der Waals surface area contributed by atoms with E-state index in [9.17, 15) is 0 Å². The number of nitrogens with zero attached hydrogens (tertiary/aromatic N) is 1. The van der Waals surface area contributed by atoms with Crippen LogP contribution in [0.3, 0.4) is 0 Å². The van der Waals surface area contributed by atoms with E-state index in [0.29, 0.717) is 17.9 Å². The smallest absolute Gasteiger partial charge is 0.170 e.